The molecule has 0 aliphatic heterocycles. The highest BCUT2D eigenvalue weighted by molar-refractivity contribution is 5.86. The summed E-state index contributed by atoms with van der Waals surface area (Å²) in [6.45, 7) is 8.50. The van der Waals surface area contributed by atoms with E-state index in [0.717, 1.165) is 11.3 Å². The zero-order chi connectivity index (χ0) is 11.9. The monoisotopic (exact) mass is 217 g/mol. The second-order valence-electron chi connectivity index (χ2n) is 4.56. The van der Waals surface area contributed by atoms with E-state index < -0.39 is 0 Å². The van der Waals surface area contributed by atoms with Gasteiger partial charge in [0.05, 0.1) is 6.04 Å². The summed E-state index contributed by atoms with van der Waals surface area (Å²) in [5.74, 6) is 1.05. The van der Waals surface area contributed by atoms with Crippen LogP contribution in [0.4, 0.5) is 0 Å². The van der Waals surface area contributed by atoms with Gasteiger partial charge in [0.15, 0.2) is 0 Å². The first-order chi connectivity index (χ1) is 7.54. The van der Waals surface area contributed by atoms with Crippen LogP contribution in [0.1, 0.15) is 35.4 Å². The molecule has 0 saturated carbocycles. The predicted molar refractivity (Wildman–Crippen MR) is 67.9 cm³/mol. The Morgan fingerprint density at radius 2 is 1.88 bits per heavy atom. The number of fused-ring (bicyclic) bond motifs is 1. The summed E-state index contributed by atoms with van der Waals surface area (Å²) in [6, 6.07) is 4.58. The zero-order valence-corrected chi connectivity index (χ0v) is 10.6. The Morgan fingerprint density at radius 1 is 1.19 bits per heavy atom. The molecule has 2 heteroatoms. The number of nitrogens with one attached hydrogen (secondary N) is 1. The van der Waals surface area contributed by atoms with Gasteiger partial charge < -0.3 is 9.73 Å². The summed E-state index contributed by atoms with van der Waals surface area (Å²) in [7, 11) is 1.95. The van der Waals surface area contributed by atoms with Gasteiger partial charge in [-0.3, -0.25) is 0 Å². The smallest absolute Gasteiger partial charge is 0.135 e. The lowest BCUT2D eigenvalue weighted by atomic mass is 10.0. The van der Waals surface area contributed by atoms with Crippen LogP contribution in [-0.4, -0.2) is 7.05 Å². The number of aryl methyl sites for hydroxylation is 3. The van der Waals surface area contributed by atoms with Gasteiger partial charge in [-0.25, -0.2) is 0 Å². The fourth-order valence-electron chi connectivity index (χ4n) is 2.35. The Morgan fingerprint density at radius 3 is 2.50 bits per heavy atom. The maximum atomic E-state index is 5.95. The highest BCUT2D eigenvalue weighted by Crippen LogP contribution is 2.32. The normalized spacial score (nSPS) is 13.3. The van der Waals surface area contributed by atoms with Crippen LogP contribution in [0.3, 0.4) is 0 Å². The molecule has 1 atom stereocenters. The van der Waals surface area contributed by atoms with Gasteiger partial charge in [0.25, 0.3) is 0 Å². The maximum Gasteiger partial charge on any atom is 0.135 e. The van der Waals surface area contributed by atoms with E-state index in [9.17, 15) is 0 Å². The first-order valence-corrected chi connectivity index (χ1v) is 5.72. The molecule has 86 valence electrons. The minimum absolute atomic E-state index is 0.257. The lowest BCUT2D eigenvalue weighted by Gasteiger charge is -2.07. The van der Waals surface area contributed by atoms with Crippen LogP contribution in [0.5, 0.6) is 0 Å². The summed E-state index contributed by atoms with van der Waals surface area (Å²) >= 11 is 0. The van der Waals surface area contributed by atoms with Crippen molar-refractivity contribution in [3.63, 3.8) is 0 Å². The van der Waals surface area contributed by atoms with Crippen LogP contribution in [-0.2, 0) is 0 Å². The Bertz CT molecular complexity index is 525. The number of hydrogen-bond donors (Lipinski definition) is 1. The predicted octanol–water partition coefficient (Wildman–Crippen LogP) is 3.64. The summed E-state index contributed by atoms with van der Waals surface area (Å²) in [5.41, 5.74) is 4.81. The third kappa shape index (κ3) is 1.63. The van der Waals surface area contributed by atoms with Crippen molar-refractivity contribution in [3.8, 4) is 0 Å². The van der Waals surface area contributed by atoms with Crippen molar-refractivity contribution in [2.75, 3.05) is 7.05 Å². The molecule has 0 aliphatic rings. The van der Waals surface area contributed by atoms with Crippen LogP contribution in [0.25, 0.3) is 11.0 Å². The Balaban J connectivity index is 2.73. The fraction of sp³-hybridized carbons (Fsp3) is 0.429. The van der Waals surface area contributed by atoms with E-state index in [1.54, 1.807) is 0 Å². The molecule has 0 saturated heterocycles. The van der Waals surface area contributed by atoms with E-state index in [1.165, 1.54) is 22.1 Å². The summed E-state index contributed by atoms with van der Waals surface area (Å²) in [5, 5.41) is 4.49. The standard InChI is InChI=1S/C14H19NO/c1-8-6-9(2)13-10(3)14(11(4)15-5)16-12(13)7-8/h6-7,11,15H,1-5H3. The number of rotatable bonds is 2. The van der Waals surface area contributed by atoms with Gasteiger partial charge in [0.1, 0.15) is 11.3 Å². The second-order valence-corrected chi connectivity index (χ2v) is 4.56. The van der Waals surface area contributed by atoms with Crippen LogP contribution < -0.4 is 5.32 Å². The van der Waals surface area contributed by atoms with E-state index in [0.29, 0.717) is 0 Å². The minimum Gasteiger partial charge on any atom is -0.459 e. The third-order valence-corrected chi connectivity index (χ3v) is 3.23. The molecule has 16 heavy (non-hydrogen) atoms. The topological polar surface area (TPSA) is 25.2 Å². The van der Waals surface area contributed by atoms with Gasteiger partial charge in [0.2, 0.25) is 0 Å². The van der Waals surface area contributed by atoms with Crippen molar-refractivity contribution in [1.82, 2.24) is 5.32 Å². The Labute approximate surface area is 96.6 Å². The molecule has 1 aromatic carbocycles. The number of hydrogen-bond acceptors (Lipinski definition) is 2. The zero-order valence-electron chi connectivity index (χ0n) is 10.6. The van der Waals surface area contributed by atoms with Gasteiger partial charge in [-0.05, 0) is 51.9 Å². The molecule has 0 radical (unpaired) electrons. The lowest BCUT2D eigenvalue weighted by molar-refractivity contribution is 0.471. The molecule has 2 rings (SSSR count). The number of benzene rings is 1. The fourth-order valence-corrected chi connectivity index (χ4v) is 2.35. The van der Waals surface area contributed by atoms with Gasteiger partial charge in [-0.15, -0.1) is 0 Å². The van der Waals surface area contributed by atoms with Crippen molar-refractivity contribution >= 4 is 11.0 Å². The molecule has 0 fully saturated rings. The van der Waals surface area contributed by atoms with Crippen LogP contribution >= 0.6 is 0 Å². The third-order valence-electron chi connectivity index (χ3n) is 3.23. The quantitative estimate of drug-likeness (QED) is 0.830. The Hall–Kier alpha value is -1.28. The first-order valence-electron chi connectivity index (χ1n) is 5.72. The Kier molecular flexibility index (Phi) is 2.76. The molecule has 0 aliphatic carbocycles. The molecule has 0 amide bonds. The van der Waals surface area contributed by atoms with E-state index in [1.807, 2.05) is 7.05 Å². The SMILES string of the molecule is CNC(C)c1oc2cc(C)cc(C)c2c1C. The van der Waals surface area contributed by atoms with Crippen molar-refractivity contribution < 1.29 is 4.42 Å². The van der Waals surface area contributed by atoms with Crippen molar-refractivity contribution in [2.24, 2.45) is 0 Å². The average molecular weight is 217 g/mol. The largest absolute Gasteiger partial charge is 0.459 e. The molecule has 1 unspecified atom stereocenters. The molecule has 1 heterocycles. The van der Waals surface area contributed by atoms with Gasteiger partial charge in [-0.2, -0.15) is 0 Å². The van der Waals surface area contributed by atoms with Crippen LogP contribution in [0.15, 0.2) is 16.5 Å². The average Bonchev–Trinajstić information content (AvgIpc) is 2.54. The van der Waals surface area contributed by atoms with Gasteiger partial charge in [-0.1, -0.05) is 6.07 Å². The minimum atomic E-state index is 0.257. The second kappa shape index (κ2) is 3.95. The summed E-state index contributed by atoms with van der Waals surface area (Å²) < 4.78 is 5.95. The molecule has 0 bridgehead atoms. The molecule has 1 N–H and O–H groups in total. The number of furan rings is 1. The van der Waals surface area contributed by atoms with E-state index in [2.05, 4.69) is 45.1 Å². The molecule has 2 aromatic rings. The molecule has 0 spiro atoms. The van der Waals surface area contributed by atoms with Gasteiger partial charge in [0, 0.05) is 10.9 Å². The van der Waals surface area contributed by atoms with E-state index >= 15 is 0 Å². The molecular formula is C14H19NO. The van der Waals surface area contributed by atoms with Crippen LogP contribution in [0, 0.1) is 20.8 Å². The molecule has 1 aromatic heterocycles. The van der Waals surface area contributed by atoms with Crippen molar-refractivity contribution in [3.05, 3.63) is 34.6 Å². The van der Waals surface area contributed by atoms with Crippen LogP contribution in [0.2, 0.25) is 0 Å². The van der Waals surface area contributed by atoms with E-state index in [-0.39, 0.29) is 6.04 Å². The van der Waals surface area contributed by atoms with E-state index in [4.69, 9.17) is 4.42 Å². The first kappa shape index (κ1) is 11.2. The maximum absolute atomic E-state index is 5.95. The molecule has 2 nitrogen and oxygen atoms in total. The van der Waals surface area contributed by atoms with Gasteiger partial charge >= 0.3 is 0 Å². The highest BCUT2D eigenvalue weighted by Gasteiger charge is 2.16. The van der Waals surface area contributed by atoms with Crippen molar-refractivity contribution in [2.45, 2.75) is 33.7 Å². The lowest BCUT2D eigenvalue weighted by Crippen LogP contribution is -2.12. The van der Waals surface area contributed by atoms with Crippen molar-refractivity contribution in [1.29, 1.82) is 0 Å². The summed E-state index contributed by atoms with van der Waals surface area (Å²) in [6.07, 6.45) is 0. The molecular weight excluding hydrogens is 198 g/mol. The highest BCUT2D eigenvalue weighted by atomic mass is 16.3. The summed E-state index contributed by atoms with van der Waals surface area (Å²) in [4.78, 5) is 0.